The maximum absolute atomic E-state index is 11.9. The molecule has 0 bridgehead atoms. The highest BCUT2D eigenvalue weighted by Gasteiger charge is 2.42. The number of likely N-dealkylation sites (tertiary alicyclic amines) is 1. The van der Waals surface area contributed by atoms with Crippen LogP contribution in [0.1, 0.15) is 12.8 Å². The third-order valence-corrected chi connectivity index (χ3v) is 3.14. The molecule has 0 atom stereocenters. The van der Waals surface area contributed by atoms with E-state index in [1.54, 1.807) is 0 Å². The Hall–Kier alpha value is -1.18. The predicted molar refractivity (Wildman–Crippen MR) is 62.5 cm³/mol. The normalized spacial score (nSPS) is 22.2. The minimum atomic E-state index is -0.692. The van der Waals surface area contributed by atoms with Gasteiger partial charge in [0.05, 0.1) is 19.8 Å². The molecular weight excluding hydrogens is 238 g/mol. The van der Waals surface area contributed by atoms with Gasteiger partial charge >= 0.3 is 11.8 Å². The van der Waals surface area contributed by atoms with Gasteiger partial charge < -0.3 is 25.4 Å². The summed E-state index contributed by atoms with van der Waals surface area (Å²) in [5.41, 5.74) is 5.27. The fraction of sp³-hybridized carbons (Fsp3) is 0.818. The first-order valence-electron chi connectivity index (χ1n) is 6.22. The van der Waals surface area contributed by atoms with Crippen molar-refractivity contribution in [1.82, 2.24) is 10.2 Å². The Morgan fingerprint density at radius 3 is 2.72 bits per heavy atom. The Bertz CT molecular complexity index is 328. The van der Waals surface area contributed by atoms with E-state index in [4.69, 9.17) is 15.2 Å². The van der Waals surface area contributed by atoms with Crippen LogP contribution in [0.25, 0.3) is 0 Å². The van der Waals surface area contributed by atoms with Crippen LogP contribution < -0.4 is 11.1 Å². The summed E-state index contributed by atoms with van der Waals surface area (Å²) in [4.78, 5) is 25.0. The van der Waals surface area contributed by atoms with Crippen molar-refractivity contribution >= 4 is 11.8 Å². The Balaban J connectivity index is 1.92. The summed E-state index contributed by atoms with van der Waals surface area (Å²) in [6.07, 6.45) is 1.54. The van der Waals surface area contributed by atoms with Gasteiger partial charge in [0, 0.05) is 26.1 Å². The second kappa shape index (κ2) is 5.64. The predicted octanol–water partition coefficient (Wildman–Crippen LogP) is -1.57. The first-order valence-corrected chi connectivity index (χ1v) is 6.22. The van der Waals surface area contributed by atoms with E-state index >= 15 is 0 Å². The lowest BCUT2D eigenvalue weighted by atomic mass is 10.0. The van der Waals surface area contributed by atoms with E-state index < -0.39 is 17.6 Å². The molecule has 0 aromatic carbocycles. The van der Waals surface area contributed by atoms with Crippen molar-refractivity contribution < 1.29 is 19.1 Å². The number of hydrogen-bond acceptors (Lipinski definition) is 5. The molecule has 0 aliphatic carbocycles. The molecule has 0 unspecified atom stereocenters. The average Bonchev–Trinajstić information content (AvgIpc) is 2.83. The first kappa shape index (κ1) is 13.3. The van der Waals surface area contributed by atoms with Crippen molar-refractivity contribution in [2.24, 2.45) is 5.73 Å². The van der Waals surface area contributed by atoms with Crippen molar-refractivity contribution in [2.75, 3.05) is 39.4 Å². The van der Waals surface area contributed by atoms with Gasteiger partial charge in [-0.05, 0) is 6.42 Å². The van der Waals surface area contributed by atoms with Crippen molar-refractivity contribution in [2.45, 2.75) is 18.6 Å². The van der Waals surface area contributed by atoms with Gasteiger partial charge in [0.25, 0.3) is 0 Å². The Kier molecular flexibility index (Phi) is 4.15. The molecule has 1 spiro atoms. The second-order valence-electron chi connectivity index (χ2n) is 4.48. The van der Waals surface area contributed by atoms with E-state index in [-0.39, 0.29) is 0 Å². The largest absolute Gasteiger partial charge is 0.347 e. The maximum atomic E-state index is 11.9. The summed E-state index contributed by atoms with van der Waals surface area (Å²) >= 11 is 0. The Morgan fingerprint density at radius 2 is 2.06 bits per heavy atom. The molecule has 2 fully saturated rings. The van der Waals surface area contributed by atoms with Crippen molar-refractivity contribution in [3.8, 4) is 0 Å². The van der Waals surface area contributed by atoms with Gasteiger partial charge in [-0.2, -0.15) is 0 Å². The van der Waals surface area contributed by atoms with Gasteiger partial charge in [-0.25, -0.2) is 0 Å². The van der Waals surface area contributed by atoms with Crippen LogP contribution in [0.4, 0.5) is 0 Å². The maximum Gasteiger partial charge on any atom is 0.312 e. The summed E-state index contributed by atoms with van der Waals surface area (Å²) in [7, 11) is 0. The van der Waals surface area contributed by atoms with Crippen LogP contribution in [0, 0.1) is 0 Å². The molecule has 2 aliphatic rings. The minimum absolute atomic E-state index is 0.302. The molecule has 7 nitrogen and oxygen atoms in total. The molecule has 2 saturated heterocycles. The summed E-state index contributed by atoms with van der Waals surface area (Å²) in [6, 6.07) is 0. The summed E-state index contributed by atoms with van der Waals surface area (Å²) in [5.74, 6) is -1.85. The number of nitrogens with zero attached hydrogens (tertiary/aromatic N) is 1. The topological polar surface area (TPSA) is 93.9 Å². The second-order valence-corrected chi connectivity index (χ2v) is 4.48. The molecule has 0 aromatic rings. The van der Waals surface area contributed by atoms with Crippen molar-refractivity contribution in [1.29, 1.82) is 0 Å². The van der Waals surface area contributed by atoms with Gasteiger partial charge in [-0.3, -0.25) is 9.59 Å². The van der Waals surface area contributed by atoms with E-state index in [2.05, 4.69) is 5.32 Å². The number of nitrogens with two attached hydrogens (primary N) is 1. The van der Waals surface area contributed by atoms with Crippen LogP contribution in [0.3, 0.4) is 0 Å². The average molecular weight is 257 g/mol. The van der Waals surface area contributed by atoms with Crippen LogP contribution >= 0.6 is 0 Å². The fourth-order valence-corrected chi connectivity index (χ4v) is 2.30. The third kappa shape index (κ3) is 2.80. The summed E-state index contributed by atoms with van der Waals surface area (Å²) in [6.45, 7) is 2.58. The zero-order valence-electron chi connectivity index (χ0n) is 10.3. The molecule has 2 aliphatic heterocycles. The van der Waals surface area contributed by atoms with Crippen LogP contribution in [0.5, 0.6) is 0 Å². The number of amides is 2. The molecule has 2 amide bonds. The van der Waals surface area contributed by atoms with E-state index in [1.165, 1.54) is 4.90 Å². The van der Waals surface area contributed by atoms with Crippen LogP contribution in [-0.2, 0) is 19.1 Å². The molecule has 0 radical (unpaired) electrons. The minimum Gasteiger partial charge on any atom is -0.347 e. The summed E-state index contributed by atoms with van der Waals surface area (Å²) < 4.78 is 11.1. The highest BCUT2D eigenvalue weighted by molar-refractivity contribution is 6.35. The smallest absolute Gasteiger partial charge is 0.312 e. The number of carbonyl (C=O) groups is 2. The highest BCUT2D eigenvalue weighted by atomic mass is 16.7. The van der Waals surface area contributed by atoms with Gasteiger partial charge in [-0.15, -0.1) is 0 Å². The number of hydrogen-bond donors (Lipinski definition) is 2. The third-order valence-electron chi connectivity index (χ3n) is 3.14. The quantitative estimate of drug-likeness (QED) is 0.583. The molecule has 3 N–H and O–H groups in total. The molecule has 102 valence electrons. The van der Waals surface area contributed by atoms with Crippen LogP contribution in [0.2, 0.25) is 0 Å². The molecule has 2 heterocycles. The molecule has 18 heavy (non-hydrogen) atoms. The number of ether oxygens (including phenoxy) is 2. The summed E-state index contributed by atoms with van der Waals surface area (Å²) in [5, 5.41) is 2.47. The first-order chi connectivity index (χ1) is 8.67. The standard InChI is InChI=1S/C11H19N3O4/c12-3-4-13-9(15)10(16)14-5-1-2-11(8-14)17-6-7-18-11/h1-8,12H2,(H,13,15). The zero-order valence-corrected chi connectivity index (χ0v) is 10.3. The number of rotatable bonds is 2. The van der Waals surface area contributed by atoms with Crippen LogP contribution in [-0.4, -0.2) is 61.9 Å². The van der Waals surface area contributed by atoms with Gasteiger partial charge in [0.15, 0.2) is 5.79 Å². The van der Waals surface area contributed by atoms with E-state index in [9.17, 15) is 9.59 Å². The molecule has 7 heteroatoms. The van der Waals surface area contributed by atoms with Crippen molar-refractivity contribution in [3.63, 3.8) is 0 Å². The fourth-order valence-electron chi connectivity index (χ4n) is 2.30. The van der Waals surface area contributed by atoms with Crippen LogP contribution in [0.15, 0.2) is 0 Å². The van der Waals surface area contributed by atoms with E-state index in [0.717, 1.165) is 12.8 Å². The Labute approximate surface area is 106 Å². The SMILES string of the molecule is NCCNC(=O)C(=O)N1CCCC2(C1)OCCO2. The highest BCUT2D eigenvalue weighted by Crippen LogP contribution is 2.29. The lowest BCUT2D eigenvalue weighted by Crippen LogP contribution is -2.54. The molecule has 0 saturated carbocycles. The molecule has 0 aromatic heterocycles. The lowest BCUT2D eigenvalue weighted by Gasteiger charge is -2.38. The number of carbonyl (C=O) groups excluding carboxylic acids is 2. The zero-order chi connectivity index (χ0) is 13.0. The number of piperidine rings is 1. The van der Waals surface area contributed by atoms with Gasteiger partial charge in [0.2, 0.25) is 0 Å². The molecular formula is C11H19N3O4. The number of nitrogens with one attached hydrogen (secondary N) is 1. The monoisotopic (exact) mass is 257 g/mol. The van der Waals surface area contributed by atoms with Gasteiger partial charge in [-0.1, -0.05) is 0 Å². The Morgan fingerprint density at radius 1 is 1.33 bits per heavy atom. The van der Waals surface area contributed by atoms with Crippen molar-refractivity contribution in [3.05, 3.63) is 0 Å². The van der Waals surface area contributed by atoms with Gasteiger partial charge in [0.1, 0.15) is 0 Å². The molecule has 2 rings (SSSR count). The van der Waals surface area contributed by atoms with E-state index in [0.29, 0.717) is 39.4 Å². The van der Waals surface area contributed by atoms with E-state index in [1.807, 2.05) is 0 Å². The lowest BCUT2D eigenvalue weighted by molar-refractivity contribution is -0.193.